The fourth-order valence-corrected chi connectivity index (χ4v) is 3.02. The van der Waals surface area contributed by atoms with Crippen molar-refractivity contribution in [1.82, 2.24) is 0 Å². The third kappa shape index (κ3) is 1.60. The summed E-state index contributed by atoms with van der Waals surface area (Å²) in [5, 5.41) is 0. The van der Waals surface area contributed by atoms with Crippen LogP contribution in [0.2, 0.25) is 0 Å². The van der Waals surface area contributed by atoms with Crippen molar-refractivity contribution in [3.05, 3.63) is 78.4 Å². The molecule has 0 nitrogen and oxygen atoms in total. The van der Waals surface area contributed by atoms with Gasteiger partial charge in [-0.25, -0.2) is 0 Å². The standard InChI is InChI=1S/C19H18/c1-5-13(2)14-10-11-16-15-8-6-7-9-17(15)19(3,4)18(16)12-14/h5-12H,1-2H2,3-4H3. The maximum Gasteiger partial charge on any atom is 0.0159 e. The molecule has 2 aromatic rings. The summed E-state index contributed by atoms with van der Waals surface area (Å²) in [7, 11) is 0. The lowest BCUT2D eigenvalue weighted by Gasteiger charge is -2.22. The highest BCUT2D eigenvalue weighted by molar-refractivity contribution is 5.83. The number of rotatable bonds is 2. The Morgan fingerprint density at radius 1 is 1.00 bits per heavy atom. The molecule has 0 spiro atoms. The summed E-state index contributed by atoms with van der Waals surface area (Å²) in [6.45, 7) is 12.4. The highest BCUT2D eigenvalue weighted by atomic mass is 14.4. The average Bonchev–Trinajstić information content (AvgIpc) is 2.67. The van der Waals surface area contributed by atoms with Gasteiger partial charge in [0.05, 0.1) is 0 Å². The van der Waals surface area contributed by atoms with Crippen molar-refractivity contribution in [3.63, 3.8) is 0 Å². The topological polar surface area (TPSA) is 0 Å². The number of fused-ring (bicyclic) bond motifs is 3. The molecular formula is C19H18. The SMILES string of the molecule is C=CC(=C)c1ccc2c(c1)C(C)(C)c1ccccc1-2. The number of benzene rings is 2. The molecule has 0 aliphatic heterocycles. The molecule has 0 unspecified atom stereocenters. The van der Waals surface area contributed by atoms with Gasteiger partial charge in [0.1, 0.15) is 0 Å². The molecule has 0 saturated heterocycles. The van der Waals surface area contributed by atoms with Gasteiger partial charge < -0.3 is 0 Å². The molecule has 94 valence electrons. The third-order valence-electron chi connectivity index (χ3n) is 4.20. The van der Waals surface area contributed by atoms with Gasteiger partial charge in [-0.1, -0.05) is 69.5 Å². The van der Waals surface area contributed by atoms with Gasteiger partial charge in [0.2, 0.25) is 0 Å². The van der Waals surface area contributed by atoms with Crippen LogP contribution in [0, 0.1) is 0 Å². The van der Waals surface area contributed by atoms with E-state index in [9.17, 15) is 0 Å². The molecule has 0 aromatic heterocycles. The Labute approximate surface area is 115 Å². The normalized spacial score (nSPS) is 14.6. The quantitative estimate of drug-likeness (QED) is 0.639. The second kappa shape index (κ2) is 3.96. The molecule has 0 heteroatoms. The summed E-state index contributed by atoms with van der Waals surface area (Å²) >= 11 is 0. The Morgan fingerprint density at radius 2 is 1.68 bits per heavy atom. The van der Waals surface area contributed by atoms with Gasteiger partial charge in [0, 0.05) is 5.41 Å². The number of allylic oxidation sites excluding steroid dienone is 2. The van der Waals surface area contributed by atoms with Crippen LogP contribution >= 0.6 is 0 Å². The van der Waals surface area contributed by atoms with E-state index in [-0.39, 0.29) is 5.41 Å². The molecule has 3 rings (SSSR count). The molecule has 1 aliphatic carbocycles. The Balaban J connectivity index is 2.27. The van der Waals surface area contributed by atoms with Crippen molar-refractivity contribution in [1.29, 1.82) is 0 Å². The van der Waals surface area contributed by atoms with E-state index in [0.717, 1.165) is 11.1 Å². The van der Waals surface area contributed by atoms with Gasteiger partial charge in [0.25, 0.3) is 0 Å². The zero-order valence-corrected chi connectivity index (χ0v) is 11.5. The van der Waals surface area contributed by atoms with Crippen LogP contribution in [0.1, 0.15) is 30.5 Å². The minimum atomic E-state index is 0.0589. The number of hydrogen-bond acceptors (Lipinski definition) is 0. The zero-order chi connectivity index (χ0) is 13.6. The lowest BCUT2D eigenvalue weighted by Crippen LogP contribution is -2.15. The molecule has 1 aliphatic rings. The van der Waals surface area contributed by atoms with E-state index in [4.69, 9.17) is 0 Å². The summed E-state index contributed by atoms with van der Waals surface area (Å²) in [5.41, 5.74) is 7.70. The molecular weight excluding hydrogens is 228 g/mol. The van der Waals surface area contributed by atoms with Gasteiger partial charge >= 0.3 is 0 Å². The van der Waals surface area contributed by atoms with Gasteiger partial charge in [-0.2, -0.15) is 0 Å². The Morgan fingerprint density at radius 3 is 2.42 bits per heavy atom. The summed E-state index contributed by atoms with van der Waals surface area (Å²) in [4.78, 5) is 0. The van der Waals surface area contributed by atoms with Crippen molar-refractivity contribution in [2.75, 3.05) is 0 Å². The maximum atomic E-state index is 4.05. The van der Waals surface area contributed by atoms with E-state index < -0.39 is 0 Å². The van der Waals surface area contributed by atoms with Gasteiger partial charge in [-0.15, -0.1) is 0 Å². The monoisotopic (exact) mass is 246 g/mol. The van der Waals surface area contributed by atoms with E-state index >= 15 is 0 Å². The summed E-state index contributed by atoms with van der Waals surface area (Å²) in [6.07, 6.45) is 1.82. The summed E-state index contributed by atoms with van der Waals surface area (Å²) < 4.78 is 0. The molecule has 0 fully saturated rings. The predicted octanol–water partition coefficient (Wildman–Crippen LogP) is 5.19. The Hall–Kier alpha value is -2.08. The van der Waals surface area contributed by atoms with Gasteiger partial charge in [-0.05, 0) is 39.5 Å². The second-order valence-electron chi connectivity index (χ2n) is 5.66. The molecule has 0 radical (unpaired) electrons. The lowest BCUT2D eigenvalue weighted by atomic mass is 9.81. The van der Waals surface area contributed by atoms with Crippen LogP contribution in [0.25, 0.3) is 16.7 Å². The van der Waals surface area contributed by atoms with Gasteiger partial charge in [-0.3, -0.25) is 0 Å². The van der Waals surface area contributed by atoms with E-state index in [2.05, 4.69) is 69.5 Å². The van der Waals surface area contributed by atoms with E-state index in [1.807, 2.05) is 6.08 Å². The summed E-state index contributed by atoms with van der Waals surface area (Å²) in [6, 6.07) is 15.3. The van der Waals surface area contributed by atoms with E-state index in [0.29, 0.717) is 0 Å². The van der Waals surface area contributed by atoms with Crippen LogP contribution in [0.15, 0.2) is 61.7 Å². The van der Waals surface area contributed by atoms with Crippen molar-refractivity contribution in [2.24, 2.45) is 0 Å². The van der Waals surface area contributed by atoms with Gasteiger partial charge in [0.15, 0.2) is 0 Å². The minimum absolute atomic E-state index is 0.0589. The third-order valence-corrected chi connectivity index (χ3v) is 4.20. The van der Waals surface area contributed by atoms with Crippen LogP contribution in [0.4, 0.5) is 0 Å². The maximum absolute atomic E-state index is 4.05. The molecule has 2 aromatic carbocycles. The van der Waals surface area contributed by atoms with Crippen LogP contribution in [-0.4, -0.2) is 0 Å². The molecule has 0 saturated carbocycles. The fraction of sp³-hybridized carbons (Fsp3) is 0.158. The number of hydrogen-bond donors (Lipinski definition) is 0. The molecule has 0 heterocycles. The van der Waals surface area contributed by atoms with E-state index in [1.54, 1.807) is 0 Å². The van der Waals surface area contributed by atoms with Crippen molar-refractivity contribution >= 4 is 5.57 Å². The van der Waals surface area contributed by atoms with Crippen molar-refractivity contribution in [2.45, 2.75) is 19.3 Å². The minimum Gasteiger partial charge on any atom is -0.0985 e. The predicted molar refractivity (Wildman–Crippen MR) is 83.2 cm³/mol. The van der Waals surface area contributed by atoms with Crippen molar-refractivity contribution in [3.8, 4) is 11.1 Å². The van der Waals surface area contributed by atoms with Crippen LogP contribution < -0.4 is 0 Å². The average molecular weight is 246 g/mol. The highest BCUT2D eigenvalue weighted by Gasteiger charge is 2.34. The Bertz CT molecular complexity index is 687. The van der Waals surface area contributed by atoms with Crippen molar-refractivity contribution < 1.29 is 0 Å². The largest absolute Gasteiger partial charge is 0.0985 e. The van der Waals surface area contributed by atoms with Crippen LogP contribution in [0.5, 0.6) is 0 Å². The first kappa shape index (κ1) is 12.0. The first-order valence-electron chi connectivity index (χ1n) is 6.62. The summed E-state index contributed by atoms with van der Waals surface area (Å²) in [5.74, 6) is 0. The van der Waals surface area contributed by atoms with Crippen LogP contribution in [0.3, 0.4) is 0 Å². The zero-order valence-electron chi connectivity index (χ0n) is 11.5. The highest BCUT2D eigenvalue weighted by Crippen LogP contribution is 2.48. The smallest absolute Gasteiger partial charge is 0.0159 e. The molecule has 0 N–H and O–H groups in total. The fourth-order valence-electron chi connectivity index (χ4n) is 3.02. The Kier molecular flexibility index (Phi) is 2.50. The molecule has 0 bridgehead atoms. The molecule has 0 amide bonds. The molecule has 19 heavy (non-hydrogen) atoms. The van der Waals surface area contributed by atoms with E-state index in [1.165, 1.54) is 22.3 Å². The first-order valence-corrected chi connectivity index (χ1v) is 6.62. The lowest BCUT2D eigenvalue weighted by molar-refractivity contribution is 0.660. The first-order chi connectivity index (χ1) is 9.05. The second-order valence-corrected chi connectivity index (χ2v) is 5.66. The van der Waals surface area contributed by atoms with Crippen LogP contribution in [-0.2, 0) is 5.41 Å². The molecule has 0 atom stereocenters.